The van der Waals surface area contributed by atoms with E-state index >= 15 is 0 Å². The highest BCUT2D eigenvalue weighted by molar-refractivity contribution is 5.91. The van der Waals surface area contributed by atoms with Gasteiger partial charge >= 0.3 is 0 Å². The minimum Gasteiger partial charge on any atom is -0.340 e. The molecule has 0 saturated carbocycles. The zero-order valence-corrected chi connectivity index (χ0v) is 11.0. The summed E-state index contributed by atoms with van der Waals surface area (Å²) in [6.45, 7) is 4.67. The van der Waals surface area contributed by atoms with Crippen molar-refractivity contribution in [3.63, 3.8) is 0 Å². The molecule has 1 aromatic rings. The lowest BCUT2D eigenvalue weighted by molar-refractivity contribution is 0.0782. The van der Waals surface area contributed by atoms with Gasteiger partial charge in [0, 0.05) is 25.7 Å². The molecule has 0 radical (unpaired) electrons. The smallest absolute Gasteiger partial charge is 0.274 e. The second-order valence-electron chi connectivity index (χ2n) is 4.73. The Morgan fingerprint density at radius 3 is 2.67 bits per heavy atom. The maximum absolute atomic E-state index is 11.9. The fraction of sp³-hybridized carbons (Fsp3) is 0.583. The average molecular weight is 252 g/mol. The van der Waals surface area contributed by atoms with Crippen molar-refractivity contribution in [2.45, 2.75) is 26.3 Å². The van der Waals surface area contributed by atoms with Crippen molar-refractivity contribution in [2.24, 2.45) is 11.7 Å². The van der Waals surface area contributed by atoms with Crippen molar-refractivity contribution in [3.8, 4) is 0 Å². The summed E-state index contributed by atoms with van der Waals surface area (Å²) >= 11 is 0. The van der Waals surface area contributed by atoms with Crippen molar-refractivity contribution >= 4 is 5.91 Å². The van der Waals surface area contributed by atoms with Crippen LogP contribution in [0.15, 0.2) is 16.9 Å². The number of carbonyl (C=O) groups excluding carboxylic acids is 1. The normalized spacial score (nSPS) is 12.5. The number of aromatic amines is 1. The average Bonchev–Trinajstić information content (AvgIpc) is 2.35. The molecule has 18 heavy (non-hydrogen) atoms. The Kier molecular flexibility index (Phi) is 5.03. The number of amides is 1. The summed E-state index contributed by atoms with van der Waals surface area (Å²) in [5.74, 6) is 0.168. The molecule has 0 fully saturated rings. The number of nitrogens with two attached hydrogens (primary N) is 1. The van der Waals surface area contributed by atoms with Crippen molar-refractivity contribution < 1.29 is 4.79 Å². The van der Waals surface area contributed by atoms with Crippen LogP contribution < -0.4 is 11.3 Å². The van der Waals surface area contributed by atoms with Crippen LogP contribution in [-0.4, -0.2) is 40.6 Å². The zero-order chi connectivity index (χ0) is 13.7. The quantitative estimate of drug-likeness (QED) is 0.784. The molecule has 0 bridgehead atoms. The highest BCUT2D eigenvalue weighted by atomic mass is 16.2. The van der Waals surface area contributed by atoms with Crippen LogP contribution >= 0.6 is 0 Å². The van der Waals surface area contributed by atoms with Crippen LogP contribution in [0.2, 0.25) is 0 Å². The maximum Gasteiger partial charge on any atom is 0.274 e. The van der Waals surface area contributed by atoms with Gasteiger partial charge in [0.1, 0.15) is 5.69 Å². The molecular formula is C12H20N4O2. The van der Waals surface area contributed by atoms with Crippen molar-refractivity contribution in [2.75, 3.05) is 13.6 Å². The summed E-state index contributed by atoms with van der Waals surface area (Å²) < 4.78 is 0. The summed E-state index contributed by atoms with van der Waals surface area (Å²) in [5.41, 5.74) is 5.83. The van der Waals surface area contributed by atoms with Crippen molar-refractivity contribution in [3.05, 3.63) is 28.2 Å². The number of nitrogens with one attached hydrogen (secondary N) is 1. The van der Waals surface area contributed by atoms with E-state index in [1.54, 1.807) is 11.9 Å². The molecule has 0 saturated heterocycles. The van der Waals surface area contributed by atoms with E-state index < -0.39 is 0 Å². The van der Waals surface area contributed by atoms with Gasteiger partial charge in [0.2, 0.25) is 0 Å². The van der Waals surface area contributed by atoms with Crippen molar-refractivity contribution in [1.82, 2.24) is 15.1 Å². The lowest BCUT2D eigenvalue weighted by Crippen LogP contribution is -2.35. The van der Waals surface area contributed by atoms with E-state index in [-0.39, 0.29) is 23.2 Å². The van der Waals surface area contributed by atoms with Crippen LogP contribution in [-0.2, 0) is 0 Å². The maximum atomic E-state index is 11.9. The number of rotatable bonds is 5. The Labute approximate surface area is 106 Å². The van der Waals surface area contributed by atoms with Gasteiger partial charge in [-0.3, -0.25) is 9.59 Å². The highest BCUT2D eigenvalue weighted by Crippen LogP contribution is 2.05. The molecule has 1 heterocycles. The molecule has 1 aromatic heterocycles. The molecule has 0 aromatic carbocycles. The Balaban J connectivity index is 2.56. The molecule has 1 rings (SSSR count). The van der Waals surface area contributed by atoms with Crippen molar-refractivity contribution in [1.29, 1.82) is 0 Å². The molecule has 6 heteroatoms. The van der Waals surface area contributed by atoms with Gasteiger partial charge in [-0.2, -0.15) is 5.10 Å². The van der Waals surface area contributed by atoms with Gasteiger partial charge < -0.3 is 10.6 Å². The van der Waals surface area contributed by atoms with Gasteiger partial charge in [-0.15, -0.1) is 0 Å². The van der Waals surface area contributed by atoms with Gasteiger partial charge in [-0.25, -0.2) is 5.10 Å². The van der Waals surface area contributed by atoms with Crippen LogP contribution in [0.25, 0.3) is 0 Å². The Morgan fingerprint density at radius 2 is 2.17 bits per heavy atom. The second kappa shape index (κ2) is 6.30. The first-order valence-electron chi connectivity index (χ1n) is 5.98. The fourth-order valence-corrected chi connectivity index (χ4v) is 1.44. The summed E-state index contributed by atoms with van der Waals surface area (Å²) in [7, 11) is 1.70. The van der Waals surface area contributed by atoms with Gasteiger partial charge in [0.15, 0.2) is 0 Å². The Morgan fingerprint density at radius 1 is 1.50 bits per heavy atom. The van der Waals surface area contributed by atoms with Crippen LogP contribution in [0.5, 0.6) is 0 Å². The van der Waals surface area contributed by atoms with Crippen LogP contribution in [0.4, 0.5) is 0 Å². The largest absolute Gasteiger partial charge is 0.340 e. The first kappa shape index (κ1) is 14.4. The monoisotopic (exact) mass is 252 g/mol. The zero-order valence-electron chi connectivity index (χ0n) is 11.0. The minimum atomic E-state index is -0.323. The SMILES string of the molecule is CC(C)C(N)CCN(C)C(=O)c1ccc(=O)[nH]n1. The Hall–Kier alpha value is -1.69. The van der Waals surface area contributed by atoms with Crippen LogP contribution in [0.3, 0.4) is 0 Å². The van der Waals surface area contributed by atoms with Gasteiger partial charge in [0.25, 0.3) is 11.5 Å². The summed E-state index contributed by atoms with van der Waals surface area (Å²) in [5, 5.41) is 5.94. The predicted molar refractivity (Wildman–Crippen MR) is 69.2 cm³/mol. The first-order valence-corrected chi connectivity index (χ1v) is 5.98. The molecule has 100 valence electrons. The molecule has 1 amide bonds. The van der Waals surface area contributed by atoms with E-state index in [9.17, 15) is 9.59 Å². The van der Waals surface area contributed by atoms with Gasteiger partial charge in [-0.1, -0.05) is 13.8 Å². The van der Waals surface area contributed by atoms with E-state index in [1.165, 1.54) is 12.1 Å². The number of nitrogens with zero attached hydrogens (tertiary/aromatic N) is 2. The molecular weight excluding hydrogens is 232 g/mol. The number of H-pyrrole nitrogens is 1. The minimum absolute atomic E-state index is 0.0730. The third-order valence-electron chi connectivity index (χ3n) is 2.90. The van der Waals surface area contributed by atoms with E-state index in [2.05, 4.69) is 24.0 Å². The molecule has 6 nitrogen and oxygen atoms in total. The molecule has 1 unspecified atom stereocenters. The summed E-state index contributed by atoms with van der Waals surface area (Å²) in [6, 6.07) is 2.78. The molecule has 0 aliphatic carbocycles. The predicted octanol–water partition coefficient (Wildman–Crippen LogP) is 0.215. The van der Waals surface area contributed by atoms with Crippen LogP contribution in [0.1, 0.15) is 30.8 Å². The molecule has 1 atom stereocenters. The summed E-state index contributed by atoms with van der Waals surface area (Å²) in [4.78, 5) is 24.3. The lowest BCUT2D eigenvalue weighted by atomic mass is 10.0. The topological polar surface area (TPSA) is 92.1 Å². The van der Waals surface area contributed by atoms with Crippen LogP contribution in [0, 0.1) is 5.92 Å². The van der Waals surface area contributed by atoms with E-state index in [4.69, 9.17) is 5.73 Å². The lowest BCUT2D eigenvalue weighted by Gasteiger charge is -2.21. The third kappa shape index (κ3) is 3.96. The third-order valence-corrected chi connectivity index (χ3v) is 2.90. The molecule has 0 spiro atoms. The number of hydrogen-bond donors (Lipinski definition) is 2. The number of hydrogen-bond acceptors (Lipinski definition) is 4. The number of carbonyl (C=O) groups is 1. The second-order valence-corrected chi connectivity index (χ2v) is 4.73. The summed E-state index contributed by atoms with van der Waals surface area (Å²) in [6.07, 6.45) is 0.739. The Bertz CT molecular complexity index is 435. The molecule has 3 N–H and O–H groups in total. The standard InChI is InChI=1S/C12H20N4O2/c1-8(2)9(13)6-7-16(3)12(18)10-4-5-11(17)15-14-10/h4-5,8-9H,6-7,13H2,1-3H3,(H,15,17). The first-order chi connectivity index (χ1) is 8.41. The van der Waals surface area contributed by atoms with E-state index in [0.717, 1.165) is 6.42 Å². The van der Waals surface area contributed by atoms with Gasteiger partial charge in [-0.05, 0) is 18.4 Å². The number of aromatic nitrogens is 2. The molecule has 0 aliphatic heterocycles. The highest BCUT2D eigenvalue weighted by Gasteiger charge is 2.15. The fourth-order valence-electron chi connectivity index (χ4n) is 1.44. The van der Waals surface area contributed by atoms with E-state index in [1.807, 2.05) is 0 Å². The molecule has 0 aliphatic rings. The van der Waals surface area contributed by atoms with Gasteiger partial charge in [0.05, 0.1) is 0 Å². The van der Waals surface area contributed by atoms with E-state index in [0.29, 0.717) is 12.5 Å².